The number of nitrogens with one attached hydrogen (secondary N) is 1. The lowest BCUT2D eigenvalue weighted by Gasteiger charge is -2.16. The highest BCUT2D eigenvalue weighted by atomic mass is 35.5. The second kappa shape index (κ2) is 5.46. The van der Waals surface area contributed by atoms with Gasteiger partial charge in [0.2, 0.25) is 17.2 Å². The fraction of sp³-hybridized carbons (Fsp3) is 0.700. The molecular formula is C10H16ClN5O. The molecule has 1 aromatic heterocycles. The number of rotatable bonds is 4. The van der Waals surface area contributed by atoms with E-state index in [4.69, 9.17) is 16.3 Å². The molecule has 0 aromatic carbocycles. The molecule has 1 saturated heterocycles. The summed E-state index contributed by atoms with van der Waals surface area (Å²) in [6.45, 7) is 4.40. The van der Waals surface area contributed by atoms with Gasteiger partial charge in [-0.2, -0.15) is 15.0 Å². The highest BCUT2D eigenvalue weighted by Crippen LogP contribution is 2.20. The third kappa shape index (κ3) is 2.95. The molecule has 1 unspecified atom stereocenters. The molecular weight excluding hydrogens is 242 g/mol. The molecule has 0 radical (unpaired) electrons. The normalized spacial score (nSPS) is 19.7. The lowest BCUT2D eigenvalue weighted by Crippen LogP contribution is -2.24. The van der Waals surface area contributed by atoms with Crippen LogP contribution in [0.3, 0.4) is 0 Å². The lowest BCUT2D eigenvalue weighted by molar-refractivity contribution is 0.121. The van der Waals surface area contributed by atoms with Gasteiger partial charge in [0.05, 0.1) is 6.10 Å². The maximum atomic E-state index is 5.87. The molecule has 0 spiro atoms. The third-order valence-corrected chi connectivity index (χ3v) is 2.86. The van der Waals surface area contributed by atoms with Crippen molar-refractivity contribution in [1.82, 2.24) is 15.0 Å². The van der Waals surface area contributed by atoms with Crippen molar-refractivity contribution in [2.45, 2.75) is 19.4 Å². The van der Waals surface area contributed by atoms with E-state index < -0.39 is 0 Å². The van der Waals surface area contributed by atoms with Gasteiger partial charge in [0.25, 0.3) is 0 Å². The molecule has 1 fully saturated rings. The summed E-state index contributed by atoms with van der Waals surface area (Å²) in [7, 11) is 1.72. The molecule has 1 aliphatic rings. The topological polar surface area (TPSA) is 63.2 Å². The van der Waals surface area contributed by atoms with Gasteiger partial charge in [-0.15, -0.1) is 0 Å². The Labute approximate surface area is 105 Å². The molecule has 1 aliphatic heterocycles. The van der Waals surface area contributed by atoms with Crippen LogP contribution in [-0.4, -0.2) is 47.8 Å². The maximum Gasteiger partial charge on any atom is 0.231 e. The van der Waals surface area contributed by atoms with Crippen molar-refractivity contribution in [2.24, 2.45) is 0 Å². The van der Waals surface area contributed by atoms with E-state index in [0.29, 0.717) is 11.9 Å². The molecule has 0 amide bonds. The molecule has 2 heterocycles. The van der Waals surface area contributed by atoms with Crippen molar-refractivity contribution < 1.29 is 4.74 Å². The summed E-state index contributed by atoms with van der Waals surface area (Å²) in [4.78, 5) is 14.5. The first kappa shape index (κ1) is 12.3. The van der Waals surface area contributed by atoms with Gasteiger partial charge in [0, 0.05) is 26.7 Å². The Morgan fingerprint density at radius 1 is 1.47 bits per heavy atom. The molecule has 7 heteroatoms. The fourth-order valence-electron chi connectivity index (χ4n) is 1.82. The van der Waals surface area contributed by atoms with Crippen LogP contribution in [0.1, 0.15) is 13.3 Å². The molecule has 6 nitrogen and oxygen atoms in total. The van der Waals surface area contributed by atoms with Crippen molar-refractivity contribution in [1.29, 1.82) is 0 Å². The van der Waals surface area contributed by atoms with Gasteiger partial charge < -0.3 is 15.0 Å². The van der Waals surface area contributed by atoms with E-state index in [1.54, 1.807) is 7.11 Å². The number of anilines is 2. The Kier molecular flexibility index (Phi) is 3.96. The van der Waals surface area contributed by atoms with Gasteiger partial charge in [-0.05, 0) is 24.9 Å². The van der Waals surface area contributed by atoms with Crippen LogP contribution in [-0.2, 0) is 4.74 Å². The lowest BCUT2D eigenvalue weighted by atomic mass is 10.3. The van der Waals surface area contributed by atoms with Crippen LogP contribution < -0.4 is 10.2 Å². The summed E-state index contributed by atoms with van der Waals surface area (Å²) < 4.78 is 5.31. The van der Waals surface area contributed by atoms with E-state index in [-0.39, 0.29) is 11.4 Å². The highest BCUT2D eigenvalue weighted by Gasteiger charge is 2.24. The van der Waals surface area contributed by atoms with Crippen molar-refractivity contribution in [3.05, 3.63) is 5.28 Å². The van der Waals surface area contributed by atoms with Crippen LogP contribution in [0.25, 0.3) is 0 Å². The van der Waals surface area contributed by atoms with Crippen LogP contribution in [0.2, 0.25) is 5.28 Å². The van der Waals surface area contributed by atoms with E-state index in [1.165, 1.54) is 0 Å². The number of ether oxygens (including phenoxy) is 1. The quantitative estimate of drug-likeness (QED) is 0.874. The average molecular weight is 258 g/mol. The van der Waals surface area contributed by atoms with Crippen LogP contribution in [0, 0.1) is 0 Å². The summed E-state index contributed by atoms with van der Waals surface area (Å²) in [6, 6.07) is 0. The third-order valence-electron chi connectivity index (χ3n) is 2.69. The number of halogens is 1. The van der Waals surface area contributed by atoms with Gasteiger partial charge in [0.1, 0.15) is 0 Å². The molecule has 0 aliphatic carbocycles. The Balaban J connectivity index is 2.15. The molecule has 0 saturated carbocycles. The Morgan fingerprint density at radius 2 is 2.29 bits per heavy atom. The van der Waals surface area contributed by atoms with Gasteiger partial charge >= 0.3 is 0 Å². The highest BCUT2D eigenvalue weighted by molar-refractivity contribution is 6.28. The molecule has 2 rings (SSSR count). The minimum Gasteiger partial charge on any atom is -0.380 e. The van der Waals surface area contributed by atoms with Crippen LogP contribution in [0.15, 0.2) is 0 Å². The van der Waals surface area contributed by atoms with Crippen LogP contribution >= 0.6 is 11.6 Å². The van der Waals surface area contributed by atoms with Crippen molar-refractivity contribution in [3.63, 3.8) is 0 Å². The van der Waals surface area contributed by atoms with Crippen molar-refractivity contribution in [3.8, 4) is 0 Å². The first-order valence-electron chi connectivity index (χ1n) is 5.66. The standard InChI is InChI=1S/C10H16ClN5O/c1-3-12-9-13-8(11)14-10(15-9)16-5-4-7(6-16)17-2/h7H,3-6H2,1-2H3,(H,12,13,14,15). The molecule has 94 valence electrons. The maximum absolute atomic E-state index is 5.87. The predicted octanol–water partition coefficient (Wildman–Crippen LogP) is 1.18. The van der Waals surface area contributed by atoms with Gasteiger partial charge in [-0.25, -0.2) is 0 Å². The minimum absolute atomic E-state index is 0.215. The van der Waals surface area contributed by atoms with E-state index in [2.05, 4.69) is 25.2 Å². The summed E-state index contributed by atoms with van der Waals surface area (Å²) >= 11 is 5.87. The van der Waals surface area contributed by atoms with E-state index in [0.717, 1.165) is 26.1 Å². The zero-order valence-electron chi connectivity index (χ0n) is 9.98. The molecule has 0 bridgehead atoms. The minimum atomic E-state index is 0.215. The Morgan fingerprint density at radius 3 is 2.94 bits per heavy atom. The van der Waals surface area contributed by atoms with E-state index in [9.17, 15) is 0 Å². The predicted molar refractivity (Wildman–Crippen MR) is 66.6 cm³/mol. The fourth-order valence-corrected chi connectivity index (χ4v) is 1.98. The van der Waals surface area contributed by atoms with Gasteiger partial charge in [0.15, 0.2) is 0 Å². The number of nitrogens with zero attached hydrogens (tertiary/aromatic N) is 4. The van der Waals surface area contributed by atoms with Gasteiger partial charge in [-0.1, -0.05) is 0 Å². The number of hydrogen-bond donors (Lipinski definition) is 1. The van der Waals surface area contributed by atoms with Crippen molar-refractivity contribution in [2.75, 3.05) is 37.0 Å². The smallest absolute Gasteiger partial charge is 0.231 e. The summed E-state index contributed by atoms with van der Waals surface area (Å²) in [5, 5.41) is 3.25. The summed E-state index contributed by atoms with van der Waals surface area (Å²) in [6.07, 6.45) is 1.23. The van der Waals surface area contributed by atoms with Gasteiger partial charge in [-0.3, -0.25) is 0 Å². The number of aromatic nitrogens is 3. The first-order valence-corrected chi connectivity index (χ1v) is 6.04. The molecule has 17 heavy (non-hydrogen) atoms. The van der Waals surface area contributed by atoms with Crippen LogP contribution in [0.5, 0.6) is 0 Å². The van der Waals surface area contributed by atoms with Crippen molar-refractivity contribution >= 4 is 23.5 Å². The second-order valence-corrected chi connectivity index (χ2v) is 4.19. The zero-order valence-corrected chi connectivity index (χ0v) is 10.7. The van der Waals surface area contributed by atoms with E-state index in [1.807, 2.05) is 6.92 Å². The molecule has 1 N–H and O–H groups in total. The number of methoxy groups -OCH3 is 1. The Bertz CT molecular complexity index is 389. The average Bonchev–Trinajstić information content (AvgIpc) is 2.77. The largest absolute Gasteiger partial charge is 0.380 e. The molecule has 1 atom stereocenters. The summed E-state index contributed by atoms with van der Waals surface area (Å²) in [5.74, 6) is 1.13. The number of hydrogen-bond acceptors (Lipinski definition) is 6. The SMILES string of the molecule is CCNc1nc(Cl)nc(N2CCC(OC)C2)n1. The van der Waals surface area contributed by atoms with E-state index >= 15 is 0 Å². The second-order valence-electron chi connectivity index (χ2n) is 3.85. The monoisotopic (exact) mass is 257 g/mol. The first-order chi connectivity index (χ1) is 8.22. The Hall–Kier alpha value is -1.14. The molecule has 1 aromatic rings. The zero-order chi connectivity index (χ0) is 12.3. The van der Waals surface area contributed by atoms with Crippen LogP contribution in [0.4, 0.5) is 11.9 Å². The summed E-state index contributed by atoms with van der Waals surface area (Å²) in [5.41, 5.74) is 0.